The third kappa shape index (κ3) is 7.94. The molecule has 1 heterocycles. The molecular weight excluding hydrogens is 346 g/mol. The average molecular weight is 380 g/mol. The lowest BCUT2D eigenvalue weighted by Gasteiger charge is -2.19. The van der Waals surface area contributed by atoms with Crippen LogP contribution in [0.15, 0.2) is 29.3 Å². The Hall–Kier alpha value is -1.30. The molecule has 0 aromatic heterocycles. The van der Waals surface area contributed by atoms with Crippen LogP contribution >= 0.6 is 11.6 Å². The van der Waals surface area contributed by atoms with Crippen LogP contribution in [0.25, 0.3) is 0 Å². The molecule has 1 saturated heterocycles. The summed E-state index contributed by atoms with van der Waals surface area (Å²) in [7, 11) is 2.21. The van der Waals surface area contributed by atoms with Crippen LogP contribution in [-0.2, 0) is 6.42 Å². The average Bonchev–Trinajstić information content (AvgIpc) is 2.84. The van der Waals surface area contributed by atoms with E-state index >= 15 is 0 Å². The maximum atomic E-state index is 6.22. The van der Waals surface area contributed by atoms with Gasteiger partial charge in [-0.2, -0.15) is 0 Å². The van der Waals surface area contributed by atoms with Crippen LogP contribution in [0.4, 0.5) is 0 Å². The molecule has 0 bridgehead atoms. The van der Waals surface area contributed by atoms with Crippen molar-refractivity contribution in [3.05, 3.63) is 34.9 Å². The van der Waals surface area contributed by atoms with Crippen LogP contribution in [0.5, 0.6) is 0 Å². The second-order valence-corrected chi connectivity index (χ2v) is 7.29. The molecule has 1 aliphatic rings. The van der Waals surface area contributed by atoms with Gasteiger partial charge in [0.05, 0.1) is 0 Å². The van der Waals surface area contributed by atoms with Crippen LogP contribution in [0, 0.1) is 0 Å². The summed E-state index contributed by atoms with van der Waals surface area (Å²) in [5.74, 6) is 0.898. The molecule has 0 spiro atoms. The van der Waals surface area contributed by atoms with Gasteiger partial charge in [0.1, 0.15) is 0 Å². The number of aliphatic imine (C=N–C) groups is 1. The molecule has 2 N–H and O–H groups in total. The molecule has 26 heavy (non-hydrogen) atoms. The number of halogens is 1. The SMILES string of the molecule is CCNC(=NCCCN1CCCN(C)CC1)NCCc1ccccc1Cl. The van der Waals surface area contributed by atoms with Gasteiger partial charge in [-0.1, -0.05) is 29.8 Å². The Labute approximate surface area is 163 Å². The van der Waals surface area contributed by atoms with Crippen LogP contribution in [0.2, 0.25) is 5.02 Å². The number of nitrogens with one attached hydrogen (secondary N) is 2. The van der Waals surface area contributed by atoms with Gasteiger partial charge in [0.2, 0.25) is 0 Å². The van der Waals surface area contributed by atoms with E-state index in [2.05, 4.69) is 40.5 Å². The molecule has 0 amide bonds. The van der Waals surface area contributed by atoms with Crippen LogP contribution in [0.3, 0.4) is 0 Å². The van der Waals surface area contributed by atoms with Crippen molar-refractivity contribution in [1.29, 1.82) is 0 Å². The van der Waals surface area contributed by atoms with Crippen molar-refractivity contribution in [2.45, 2.75) is 26.2 Å². The summed E-state index contributed by atoms with van der Waals surface area (Å²) in [6.45, 7) is 10.6. The van der Waals surface area contributed by atoms with E-state index in [0.717, 1.165) is 50.0 Å². The highest BCUT2D eigenvalue weighted by Crippen LogP contribution is 2.14. The minimum Gasteiger partial charge on any atom is -0.357 e. The van der Waals surface area contributed by atoms with Crippen LogP contribution in [-0.4, -0.2) is 75.2 Å². The Morgan fingerprint density at radius 1 is 1.15 bits per heavy atom. The predicted molar refractivity (Wildman–Crippen MR) is 112 cm³/mol. The third-order valence-electron chi connectivity index (χ3n) is 4.70. The van der Waals surface area contributed by atoms with Crippen LogP contribution in [0.1, 0.15) is 25.3 Å². The normalized spacial score (nSPS) is 17.1. The van der Waals surface area contributed by atoms with Gasteiger partial charge >= 0.3 is 0 Å². The van der Waals surface area contributed by atoms with Crippen molar-refractivity contribution in [2.75, 3.05) is 59.4 Å². The number of nitrogens with zero attached hydrogens (tertiary/aromatic N) is 3. The number of likely N-dealkylation sites (N-methyl/N-ethyl adjacent to an activating group) is 1. The molecular formula is C20H34ClN5. The van der Waals surface area contributed by atoms with E-state index in [1.54, 1.807) is 0 Å². The van der Waals surface area contributed by atoms with Crippen molar-refractivity contribution in [3.8, 4) is 0 Å². The first-order chi connectivity index (χ1) is 12.7. The Kier molecular flexibility index (Phi) is 9.82. The molecule has 0 saturated carbocycles. The molecule has 0 atom stereocenters. The molecule has 2 rings (SSSR count). The topological polar surface area (TPSA) is 42.9 Å². The molecule has 0 unspecified atom stereocenters. The van der Waals surface area contributed by atoms with Crippen molar-refractivity contribution in [2.24, 2.45) is 4.99 Å². The van der Waals surface area contributed by atoms with Crippen molar-refractivity contribution >= 4 is 17.6 Å². The van der Waals surface area contributed by atoms with E-state index in [1.165, 1.54) is 38.2 Å². The van der Waals surface area contributed by atoms with Gasteiger partial charge in [0, 0.05) is 37.7 Å². The zero-order valence-electron chi connectivity index (χ0n) is 16.3. The Bertz CT molecular complexity index is 549. The minimum atomic E-state index is 0.827. The van der Waals surface area contributed by atoms with Gasteiger partial charge in [0.25, 0.3) is 0 Å². The van der Waals surface area contributed by atoms with Gasteiger partial charge in [-0.3, -0.25) is 4.99 Å². The zero-order chi connectivity index (χ0) is 18.6. The summed E-state index contributed by atoms with van der Waals surface area (Å²) < 4.78 is 0. The Morgan fingerprint density at radius 2 is 2.00 bits per heavy atom. The highest BCUT2D eigenvalue weighted by molar-refractivity contribution is 6.31. The van der Waals surface area contributed by atoms with Gasteiger partial charge < -0.3 is 20.4 Å². The molecule has 0 aliphatic carbocycles. The summed E-state index contributed by atoms with van der Waals surface area (Å²) in [5, 5.41) is 7.57. The third-order valence-corrected chi connectivity index (χ3v) is 5.07. The fourth-order valence-corrected chi connectivity index (χ4v) is 3.40. The molecule has 5 nitrogen and oxygen atoms in total. The highest BCUT2D eigenvalue weighted by atomic mass is 35.5. The Morgan fingerprint density at radius 3 is 2.81 bits per heavy atom. The number of guanidine groups is 1. The van der Waals surface area contributed by atoms with E-state index in [0.29, 0.717) is 0 Å². The molecule has 1 aromatic rings. The van der Waals surface area contributed by atoms with Gasteiger partial charge in [-0.05, 0) is 64.5 Å². The second kappa shape index (κ2) is 12.2. The fraction of sp³-hybridized carbons (Fsp3) is 0.650. The van der Waals surface area contributed by atoms with Gasteiger partial charge in [0.15, 0.2) is 5.96 Å². The number of hydrogen-bond acceptors (Lipinski definition) is 3. The monoisotopic (exact) mass is 379 g/mol. The second-order valence-electron chi connectivity index (χ2n) is 6.88. The number of rotatable bonds is 8. The highest BCUT2D eigenvalue weighted by Gasteiger charge is 2.11. The standard InChI is InChI=1S/C20H34ClN5/c1-3-22-20(24-12-10-18-8-4-5-9-19(18)21)23-11-6-14-26-15-7-13-25(2)16-17-26/h4-5,8-9H,3,6-7,10-17H2,1-2H3,(H2,22,23,24). The lowest BCUT2D eigenvalue weighted by molar-refractivity contribution is 0.275. The van der Waals surface area contributed by atoms with Crippen molar-refractivity contribution < 1.29 is 0 Å². The smallest absolute Gasteiger partial charge is 0.191 e. The first-order valence-electron chi connectivity index (χ1n) is 9.85. The largest absolute Gasteiger partial charge is 0.357 e. The summed E-state index contributed by atoms with van der Waals surface area (Å²) in [6, 6.07) is 8.01. The quantitative estimate of drug-likeness (QED) is 0.413. The van der Waals surface area contributed by atoms with Crippen molar-refractivity contribution in [3.63, 3.8) is 0 Å². The minimum absolute atomic E-state index is 0.827. The first kappa shape index (κ1) is 21.0. The van der Waals surface area contributed by atoms with Gasteiger partial charge in [-0.15, -0.1) is 0 Å². The van der Waals surface area contributed by atoms with Crippen molar-refractivity contribution in [1.82, 2.24) is 20.4 Å². The van der Waals surface area contributed by atoms with E-state index in [4.69, 9.17) is 16.6 Å². The molecule has 1 aliphatic heterocycles. The summed E-state index contributed by atoms with van der Waals surface area (Å²) in [5.41, 5.74) is 1.17. The molecule has 1 aromatic carbocycles. The fourth-order valence-electron chi connectivity index (χ4n) is 3.17. The molecule has 1 fully saturated rings. The number of hydrogen-bond donors (Lipinski definition) is 2. The molecule has 6 heteroatoms. The van der Waals surface area contributed by atoms with Crippen LogP contribution < -0.4 is 10.6 Å². The van der Waals surface area contributed by atoms with E-state index < -0.39 is 0 Å². The summed E-state index contributed by atoms with van der Waals surface area (Å²) in [4.78, 5) is 9.70. The van der Waals surface area contributed by atoms with E-state index in [1.807, 2.05) is 18.2 Å². The Balaban J connectivity index is 1.69. The first-order valence-corrected chi connectivity index (χ1v) is 10.2. The van der Waals surface area contributed by atoms with E-state index in [9.17, 15) is 0 Å². The predicted octanol–water partition coefficient (Wildman–Crippen LogP) is 2.47. The summed E-state index contributed by atoms with van der Waals surface area (Å²) >= 11 is 6.22. The summed E-state index contributed by atoms with van der Waals surface area (Å²) in [6.07, 6.45) is 3.27. The maximum absolute atomic E-state index is 6.22. The van der Waals surface area contributed by atoms with Gasteiger partial charge in [-0.25, -0.2) is 0 Å². The molecule has 0 radical (unpaired) electrons. The van der Waals surface area contributed by atoms with E-state index in [-0.39, 0.29) is 0 Å². The number of benzene rings is 1. The molecule has 146 valence electrons. The zero-order valence-corrected chi connectivity index (χ0v) is 17.1. The lowest BCUT2D eigenvalue weighted by Crippen LogP contribution is -2.38. The lowest BCUT2D eigenvalue weighted by atomic mass is 10.1. The maximum Gasteiger partial charge on any atom is 0.191 e.